The SMILES string of the molecule is Cn1nccc1CCOc1ccc(C(=O)O)cc1Cl. The van der Waals surface area contributed by atoms with Gasteiger partial charge >= 0.3 is 5.97 Å². The maximum Gasteiger partial charge on any atom is 0.335 e. The van der Waals surface area contributed by atoms with Crippen LogP contribution in [0.25, 0.3) is 0 Å². The van der Waals surface area contributed by atoms with Gasteiger partial charge in [0, 0.05) is 25.4 Å². The van der Waals surface area contributed by atoms with Crippen molar-refractivity contribution in [1.29, 1.82) is 0 Å². The highest BCUT2D eigenvalue weighted by Gasteiger charge is 2.08. The Morgan fingerprint density at radius 1 is 1.47 bits per heavy atom. The molecule has 0 atom stereocenters. The van der Waals surface area contributed by atoms with E-state index in [2.05, 4.69) is 5.10 Å². The summed E-state index contributed by atoms with van der Waals surface area (Å²) < 4.78 is 7.31. The summed E-state index contributed by atoms with van der Waals surface area (Å²) in [6.07, 6.45) is 2.43. The normalized spacial score (nSPS) is 10.4. The molecule has 0 amide bonds. The Balaban J connectivity index is 1.96. The van der Waals surface area contributed by atoms with Crippen molar-refractivity contribution in [3.63, 3.8) is 0 Å². The number of nitrogens with zero attached hydrogens (tertiary/aromatic N) is 2. The first-order valence-electron chi connectivity index (χ1n) is 5.70. The quantitative estimate of drug-likeness (QED) is 0.913. The van der Waals surface area contributed by atoms with Gasteiger partial charge in [0.15, 0.2) is 0 Å². The van der Waals surface area contributed by atoms with Crippen LogP contribution in [0.2, 0.25) is 5.02 Å². The number of hydrogen-bond acceptors (Lipinski definition) is 3. The number of carboxylic acids is 1. The Labute approximate surface area is 115 Å². The van der Waals surface area contributed by atoms with E-state index in [9.17, 15) is 4.79 Å². The molecule has 1 heterocycles. The van der Waals surface area contributed by atoms with Crippen molar-refractivity contribution >= 4 is 17.6 Å². The number of ether oxygens (including phenoxy) is 1. The average molecular weight is 281 g/mol. The van der Waals surface area contributed by atoms with E-state index in [1.165, 1.54) is 12.1 Å². The van der Waals surface area contributed by atoms with E-state index in [0.29, 0.717) is 23.8 Å². The summed E-state index contributed by atoms with van der Waals surface area (Å²) in [6, 6.07) is 6.32. The largest absolute Gasteiger partial charge is 0.492 e. The van der Waals surface area contributed by atoms with Gasteiger partial charge in [-0.3, -0.25) is 4.68 Å². The Hall–Kier alpha value is -2.01. The monoisotopic (exact) mass is 280 g/mol. The van der Waals surface area contributed by atoms with E-state index in [-0.39, 0.29) is 5.56 Å². The molecule has 2 aromatic rings. The molecule has 0 saturated carbocycles. The Morgan fingerprint density at radius 2 is 2.26 bits per heavy atom. The number of aryl methyl sites for hydroxylation is 1. The van der Waals surface area contributed by atoms with Gasteiger partial charge in [0.05, 0.1) is 17.2 Å². The Morgan fingerprint density at radius 3 is 2.84 bits per heavy atom. The summed E-state index contributed by atoms with van der Waals surface area (Å²) in [5, 5.41) is 13.2. The van der Waals surface area contributed by atoms with Crippen LogP contribution in [-0.2, 0) is 13.5 Å². The van der Waals surface area contributed by atoms with Gasteiger partial charge in [-0.25, -0.2) is 4.79 Å². The topological polar surface area (TPSA) is 64.4 Å². The number of benzene rings is 1. The minimum atomic E-state index is -1.01. The van der Waals surface area contributed by atoms with Crippen molar-refractivity contribution in [3.05, 3.63) is 46.7 Å². The molecule has 0 aliphatic heterocycles. The third-order valence-corrected chi connectivity index (χ3v) is 3.01. The molecule has 0 aliphatic carbocycles. The summed E-state index contributed by atoms with van der Waals surface area (Å²) in [5.41, 5.74) is 1.20. The molecule has 0 bridgehead atoms. The molecule has 100 valence electrons. The van der Waals surface area contributed by atoms with Crippen LogP contribution in [0.1, 0.15) is 16.1 Å². The van der Waals surface area contributed by atoms with Gasteiger partial charge < -0.3 is 9.84 Å². The van der Waals surface area contributed by atoms with Gasteiger partial charge in [-0.2, -0.15) is 5.10 Å². The van der Waals surface area contributed by atoms with Crippen LogP contribution in [-0.4, -0.2) is 27.5 Å². The first kappa shape index (κ1) is 13.4. The first-order chi connectivity index (χ1) is 9.08. The summed E-state index contributed by atoms with van der Waals surface area (Å²) in [7, 11) is 1.87. The van der Waals surface area contributed by atoms with Gasteiger partial charge in [0.25, 0.3) is 0 Å². The highest BCUT2D eigenvalue weighted by Crippen LogP contribution is 2.25. The van der Waals surface area contributed by atoms with E-state index >= 15 is 0 Å². The molecule has 0 unspecified atom stereocenters. The lowest BCUT2D eigenvalue weighted by Gasteiger charge is -2.08. The number of halogens is 1. The Kier molecular flexibility index (Phi) is 4.06. The molecule has 0 aliphatic rings. The van der Waals surface area contributed by atoms with Crippen molar-refractivity contribution in [2.75, 3.05) is 6.61 Å². The van der Waals surface area contributed by atoms with Crippen LogP contribution in [0.15, 0.2) is 30.5 Å². The number of aromatic nitrogens is 2. The molecule has 5 nitrogen and oxygen atoms in total. The number of hydrogen-bond donors (Lipinski definition) is 1. The zero-order valence-corrected chi connectivity index (χ0v) is 11.1. The van der Waals surface area contributed by atoms with Gasteiger partial charge in [-0.1, -0.05) is 11.6 Å². The average Bonchev–Trinajstić information content (AvgIpc) is 2.77. The predicted octanol–water partition coefficient (Wildman–Crippen LogP) is 2.39. The minimum absolute atomic E-state index is 0.143. The maximum atomic E-state index is 10.8. The smallest absolute Gasteiger partial charge is 0.335 e. The van der Waals surface area contributed by atoms with E-state index in [0.717, 1.165) is 5.69 Å². The molecule has 0 fully saturated rings. The summed E-state index contributed by atoms with van der Waals surface area (Å²) in [6.45, 7) is 0.450. The molecule has 1 aromatic carbocycles. The fourth-order valence-corrected chi connectivity index (χ4v) is 1.90. The zero-order chi connectivity index (χ0) is 13.8. The third-order valence-electron chi connectivity index (χ3n) is 2.72. The number of carbonyl (C=O) groups is 1. The second-order valence-corrected chi connectivity index (χ2v) is 4.40. The van der Waals surface area contributed by atoms with Crippen molar-refractivity contribution < 1.29 is 14.6 Å². The Bertz CT molecular complexity index is 595. The van der Waals surface area contributed by atoms with Gasteiger partial charge in [-0.05, 0) is 24.3 Å². The molecule has 0 saturated heterocycles. The van der Waals surface area contributed by atoms with E-state index < -0.39 is 5.97 Å². The highest BCUT2D eigenvalue weighted by atomic mass is 35.5. The van der Waals surface area contributed by atoms with E-state index in [4.69, 9.17) is 21.4 Å². The van der Waals surface area contributed by atoms with Crippen LogP contribution < -0.4 is 4.74 Å². The molecule has 1 N–H and O–H groups in total. The lowest BCUT2D eigenvalue weighted by molar-refractivity contribution is 0.0697. The molecule has 1 aromatic heterocycles. The first-order valence-corrected chi connectivity index (χ1v) is 6.08. The predicted molar refractivity (Wildman–Crippen MR) is 70.8 cm³/mol. The molecule has 0 radical (unpaired) electrons. The summed E-state index contributed by atoms with van der Waals surface area (Å²) in [4.78, 5) is 10.8. The molecule has 6 heteroatoms. The second kappa shape index (κ2) is 5.75. The lowest BCUT2D eigenvalue weighted by Crippen LogP contribution is -2.06. The number of aromatic carboxylic acids is 1. The summed E-state index contributed by atoms with van der Waals surface area (Å²) in [5.74, 6) is -0.530. The lowest BCUT2D eigenvalue weighted by atomic mass is 10.2. The van der Waals surface area contributed by atoms with Crippen LogP contribution in [0.3, 0.4) is 0 Å². The number of rotatable bonds is 5. The number of carboxylic acid groups (broad SMARTS) is 1. The minimum Gasteiger partial charge on any atom is -0.492 e. The van der Waals surface area contributed by atoms with Crippen LogP contribution >= 0.6 is 11.6 Å². The van der Waals surface area contributed by atoms with Gasteiger partial charge in [-0.15, -0.1) is 0 Å². The van der Waals surface area contributed by atoms with Crippen molar-refractivity contribution in [1.82, 2.24) is 9.78 Å². The highest BCUT2D eigenvalue weighted by molar-refractivity contribution is 6.32. The molecule has 19 heavy (non-hydrogen) atoms. The standard InChI is InChI=1S/C13H13ClN2O3/c1-16-10(4-6-15-16)5-7-19-12-3-2-9(13(17)18)8-11(12)14/h2-4,6,8H,5,7H2,1H3,(H,17,18). The van der Waals surface area contributed by atoms with Crippen LogP contribution in [0.5, 0.6) is 5.75 Å². The molecular formula is C13H13ClN2O3. The van der Waals surface area contributed by atoms with E-state index in [1.807, 2.05) is 13.1 Å². The third kappa shape index (κ3) is 3.26. The van der Waals surface area contributed by atoms with Crippen LogP contribution in [0.4, 0.5) is 0 Å². The molecule has 0 spiro atoms. The molecule has 2 rings (SSSR count). The van der Waals surface area contributed by atoms with Gasteiger partial charge in [0.2, 0.25) is 0 Å². The van der Waals surface area contributed by atoms with Crippen molar-refractivity contribution in [2.45, 2.75) is 6.42 Å². The fourth-order valence-electron chi connectivity index (χ4n) is 1.66. The van der Waals surface area contributed by atoms with Crippen LogP contribution in [0, 0.1) is 0 Å². The second-order valence-electron chi connectivity index (χ2n) is 3.99. The van der Waals surface area contributed by atoms with Crippen molar-refractivity contribution in [3.8, 4) is 5.75 Å². The fraction of sp³-hybridized carbons (Fsp3) is 0.231. The molecular weight excluding hydrogens is 268 g/mol. The summed E-state index contributed by atoms with van der Waals surface area (Å²) >= 11 is 5.96. The maximum absolute atomic E-state index is 10.8. The zero-order valence-electron chi connectivity index (χ0n) is 10.3. The van der Waals surface area contributed by atoms with Gasteiger partial charge in [0.1, 0.15) is 5.75 Å². The van der Waals surface area contributed by atoms with E-state index in [1.54, 1.807) is 16.9 Å². The van der Waals surface area contributed by atoms with Crippen molar-refractivity contribution in [2.24, 2.45) is 7.05 Å².